The number of amides is 2. The van der Waals surface area contributed by atoms with Crippen molar-refractivity contribution in [3.05, 3.63) is 0 Å². The Hall–Kier alpha value is -1.34. The Kier molecular flexibility index (Phi) is 6.58. The van der Waals surface area contributed by atoms with Crippen LogP contribution < -0.4 is 10.6 Å². The molecule has 4 N–H and O–H groups in total. The minimum atomic E-state index is -1.43. The first-order valence-corrected chi connectivity index (χ1v) is 6.63. The van der Waals surface area contributed by atoms with E-state index >= 15 is 0 Å². The molecule has 2 atom stereocenters. The van der Waals surface area contributed by atoms with Crippen LogP contribution in [0.25, 0.3) is 0 Å². The number of hydrogen-bond donors (Lipinski definition) is 4. The van der Waals surface area contributed by atoms with Crippen molar-refractivity contribution < 1.29 is 19.8 Å². The molecule has 0 saturated carbocycles. The molecule has 0 aliphatic carbocycles. The van der Waals surface area contributed by atoms with Gasteiger partial charge in [0.15, 0.2) is 6.10 Å². The summed E-state index contributed by atoms with van der Waals surface area (Å²) in [6.07, 6.45) is 2.04. The van der Waals surface area contributed by atoms with Gasteiger partial charge in [0.05, 0.1) is 0 Å². The molecule has 1 aliphatic heterocycles. The molecule has 7 heteroatoms. The fourth-order valence-electron chi connectivity index (χ4n) is 2.12. The normalized spacial score (nSPS) is 21.7. The summed E-state index contributed by atoms with van der Waals surface area (Å²) in [7, 11) is 2.05. The SMILES string of the molecule is CN1CCCCC1CNC(=O)NCCC(O)C(=O)O. The molecule has 110 valence electrons. The number of urea groups is 1. The number of likely N-dealkylation sites (N-methyl/N-ethyl adjacent to an activating group) is 1. The number of aliphatic carboxylic acids is 1. The second-order valence-corrected chi connectivity index (χ2v) is 4.91. The molecule has 2 unspecified atom stereocenters. The Morgan fingerprint density at radius 1 is 1.37 bits per heavy atom. The second-order valence-electron chi connectivity index (χ2n) is 4.91. The van der Waals surface area contributed by atoms with Crippen LogP contribution in [-0.4, -0.2) is 65.9 Å². The van der Waals surface area contributed by atoms with E-state index in [2.05, 4.69) is 15.5 Å². The molecule has 1 heterocycles. The van der Waals surface area contributed by atoms with E-state index in [4.69, 9.17) is 10.2 Å². The maximum atomic E-state index is 11.5. The lowest BCUT2D eigenvalue weighted by Gasteiger charge is -2.32. The molecule has 2 amide bonds. The summed E-state index contributed by atoms with van der Waals surface area (Å²) in [5.74, 6) is -1.27. The molecule has 7 nitrogen and oxygen atoms in total. The van der Waals surface area contributed by atoms with Gasteiger partial charge in [0, 0.05) is 25.6 Å². The number of aliphatic hydroxyl groups excluding tert-OH is 1. The van der Waals surface area contributed by atoms with Crippen LogP contribution in [0.2, 0.25) is 0 Å². The van der Waals surface area contributed by atoms with Crippen molar-refractivity contribution in [3.8, 4) is 0 Å². The van der Waals surface area contributed by atoms with E-state index in [1.165, 1.54) is 12.8 Å². The maximum absolute atomic E-state index is 11.5. The molecule has 0 aromatic heterocycles. The van der Waals surface area contributed by atoms with Crippen molar-refractivity contribution >= 4 is 12.0 Å². The highest BCUT2D eigenvalue weighted by molar-refractivity contribution is 5.74. The number of hydrogen-bond acceptors (Lipinski definition) is 4. The monoisotopic (exact) mass is 273 g/mol. The Labute approximate surface area is 113 Å². The summed E-state index contributed by atoms with van der Waals surface area (Å²) in [4.78, 5) is 24.1. The number of carboxylic acids is 1. The van der Waals surface area contributed by atoms with Crippen LogP contribution >= 0.6 is 0 Å². The highest BCUT2D eigenvalue weighted by Gasteiger charge is 2.19. The van der Waals surface area contributed by atoms with Crippen LogP contribution in [0.3, 0.4) is 0 Å². The smallest absolute Gasteiger partial charge is 0.332 e. The van der Waals surface area contributed by atoms with Gasteiger partial charge in [-0.05, 0) is 26.4 Å². The van der Waals surface area contributed by atoms with E-state index in [1.54, 1.807) is 0 Å². The van der Waals surface area contributed by atoms with Gasteiger partial charge >= 0.3 is 12.0 Å². The zero-order valence-corrected chi connectivity index (χ0v) is 11.3. The van der Waals surface area contributed by atoms with Crippen molar-refractivity contribution in [3.63, 3.8) is 0 Å². The average Bonchev–Trinajstić information content (AvgIpc) is 2.37. The molecule has 0 bridgehead atoms. The molecule has 1 saturated heterocycles. The number of nitrogens with zero attached hydrogens (tertiary/aromatic N) is 1. The van der Waals surface area contributed by atoms with E-state index in [0.29, 0.717) is 12.6 Å². The Bertz CT molecular complexity index is 311. The summed E-state index contributed by atoms with van der Waals surface area (Å²) in [6.45, 7) is 1.78. The van der Waals surface area contributed by atoms with Gasteiger partial charge in [-0.1, -0.05) is 6.42 Å². The highest BCUT2D eigenvalue weighted by Crippen LogP contribution is 2.13. The predicted molar refractivity (Wildman–Crippen MR) is 69.9 cm³/mol. The van der Waals surface area contributed by atoms with Crippen LogP contribution in [0, 0.1) is 0 Å². The minimum Gasteiger partial charge on any atom is -0.479 e. The number of rotatable bonds is 6. The number of aliphatic hydroxyl groups is 1. The van der Waals surface area contributed by atoms with Gasteiger partial charge in [-0.25, -0.2) is 9.59 Å². The van der Waals surface area contributed by atoms with E-state index in [0.717, 1.165) is 13.0 Å². The van der Waals surface area contributed by atoms with Gasteiger partial charge in [-0.3, -0.25) is 0 Å². The van der Waals surface area contributed by atoms with Gasteiger partial charge in [0.1, 0.15) is 0 Å². The summed E-state index contributed by atoms with van der Waals surface area (Å²) in [5.41, 5.74) is 0. The second kappa shape index (κ2) is 7.96. The molecular formula is C12H23N3O4. The molecule has 0 aromatic rings. The first-order valence-electron chi connectivity index (χ1n) is 6.63. The fourth-order valence-corrected chi connectivity index (χ4v) is 2.12. The molecular weight excluding hydrogens is 250 g/mol. The van der Waals surface area contributed by atoms with E-state index in [-0.39, 0.29) is 19.0 Å². The molecule has 0 spiro atoms. The van der Waals surface area contributed by atoms with Gasteiger partial charge < -0.3 is 25.7 Å². The van der Waals surface area contributed by atoms with Crippen molar-refractivity contribution in [2.45, 2.75) is 37.8 Å². The minimum absolute atomic E-state index is 0.00604. The molecule has 19 heavy (non-hydrogen) atoms. The zero-order valence-electron chi connectivity index (χ0n) is 11.3. The average molecular weight is 273 g/mol. The summed E-state index contributed by atoms with van der Waals surface area (Å²) in [5, 5.41) is 22.8. The number of piperidine rings is 1. The van der Waals surface area contributed by atoms with Crippen LogP contribution in [0.1, 0.15) is 25.7 Å². The largest absolute Gasteiger partial charge is 0.479 e. The lowest BCUT2D eigenvalue weighted by Crippen LogP contribution is -2.47. The van der Waals surface area contributed by atoms with Crippen LogP contribution in [0.4, 0.5) is 4.79 Å². The zero-order chi connectivity index (χ0) is 14.3. The standard InChI is InChI=1S/C12H23N3O4/c1-15-7-3-2-4-9(15)8-14-12(19)13-6-5-10(16)11(17)18/h9-10,16H,2-8H2,1H3,(H,17,18)(H2,13,14,19). The summed E-state index contributed by atoms with van der Waals surface area (Å²) in [6, 6.07) is 0.0423. The van der Waals surface area contributed by atoms with Gasteiger partial charge in [0.25, 0.3) is 0 Å². The third-order valence-corrected chi connectivity index (χ3v) is 3.41. The Balaban J connectivity index is 2.12. The van der Waals surface area contributed by atoms with Gasteiger partial charge in [-0.2, -0.15) is 0 Å². The van der Waals surface area contributed by atoms with Crippen molar-refractivity contribution in [1.82, 2.24) is 15.5 Å². The first kappa shape index (κ1) is 15.7. The van der Waals surface area contributed by atoms with Crippen molar-refractivity contribution in [2.75, 3.05) is 26.7 Å². The number of carboxylic acid groups (broad SMARTS) is 1. The highest BCUT2D eigenvalue weighted by atomic mass is 16.4. The molecule has 1 rings (SSSR count). The number of carbonyl (C=O) groups is 2. The molecule has 1 aliphatic rings. The first-order chi connectivity index (χ1) is 9.00. The number of nitrogens with one attached hydrogen (secondary N) is 2. The number of likely N-dealkylation sites (tertiary alicyclic amines) is 1. The predicted octanol–water partition coefficient (Wildman–Crippen LogP) is -0.394. The Morgan fingerprint density at radius 3 is 2.74 bits per heavy atom. The lowest BCUT2D eigenvalue weighted by atomic mass is 10.0. The van der Waals surface area contributed by atoms with E-state index in [9.17, 15) is 9.59 Å². The van der Waals surface area contributed by atoms with Crippen molar-refractivity contribution in [2.24, 2.45) is 0 Å². The van der Waals surface area contributed by atoms with E-state index in [1.807, 2.05) is 7.05 Å². The topological polar surface area (TPSA) is 102 Å². The summed E-state index contributed by atoms with van der Waals surface area (Å²) >= 11 is 0. The number of carbonyl (C=O) groups excluding carboxylic acids is 1. The van der Waals surface area contributed by atoms with Crippen LogP contribution in [-0.2, 0) is 4.79 Å². The maximum Gasteiger partial charge on any atom is 0.332 e. The van der Waals surface area contributed by atoms with E-state index < -0.39 is 12.1 Å². The van der Waals surface area contributed by atoms with Crippen LogP contribution in [0.15, 0.2) is 0 Å². The van der Waals surface area contributed by atoms with Crippen molar-refractivity contribution in [1.29, 1.82) is 0 Å². The lowest BCUT2D eigenvalue weighted by molar-refractivity contribution is -0.146. The third kappa shape index (κ3) is 5.89. The van der Waals surface area contributed by atoms with Gasteiger partial charge in [0.2, 0.25) is 0 Å². The quantitative estimate of drug-likeness (QED) is 0.528. The molecule has 0 radical (unpaired) electrons. The fraction of sp³-hybridized carbons (Fsp3) is 0.833. The van der Waals surface area contributed by atoms with Gasteiger partial charge in [-0.15, -0.1) is 0 Å². The third-order valence-electron chi connectivity index (χ3n) is 3.41. The molecule has 0 aromatic carbocycles. The Morgan fingerprint density at radius 2 is 2.11 bits per heavy atom. The van der Waals surface area contributed by atoms with Crippen LogP contribution in [0.5, 0.6) is 0 Å². The summed E-state index contributed by atoms with van der Waals surface area (Å²) < 4.78 is 0. The molecule has 1 fully saturated rings.